The SMILES string of the molecule is COC(=O)c1ccccc1-n1c(C)cc(/C=N\Nc2nc3ccccc3s2)c1C. The van der Waals surface area contributed by atoms with E-state index in [1.54, 1.807) is 23.6 Å². The van der Waals surface area contributed by atoms with Gasteiger partial charge in [-0.25, -0.2) is 9.78 Å². The Morgan fingerprint density at radius 1 is 1.17 bits per heavy atom. The van der Waals surface area contributed by atoms with Crippen LogP contribution in [0.15, 0.2) is 59.7 Å². The van der Waals surface area contributed by atoms with Crippen molar-refractivity contribution in [3.63, 3.8) is 0 Å². The first-order chi connectivity index (χ1) is 14.1. The fourth-order valence-corrected chi connectivity index (χ4v) is 4.13. The molecule has 0 fully saturated rings. The number of hydrogen-bond acceptors (Lipinski definition) is 6. The van der Waals surface area contributed by atoms with Crippen molar-refractivity contribution in [2.45, 2.75) is 13.8 Å². The van der Waals surface area contributed by atoms with Crippen LogP contribution >= 0.6 is 11.3 Å². The molecule has 6 nitrogen and oxygen atoms in total. The van der Waals surface area contributed by atoms with Gasteiger partial charge in [-0.3, -0.25) is 5.43 Å². The third kappa shape index (κ3) is 3.64. The van der Waals surface area contributed by atoms with Gasteiger partial charge in [-0.1, -0.05) is 35.6 Å². The monoisotopic (exact) mass is 404 g/mol. The summed E-state index contributed by atoms with van der Waals surface area (Å²) in [5, 5.41) is 5.10. The summed E-state index contributed by atoms with van der Waals surface area (Å²) in [5.74, 6) is -0.360. The molecule has 4 rings (SSSR count). The number of anilines is 1. The van der Waals surface area contributed by atoms with Gasteiger partial charge in [0.2, 0.25) is 5.13 Å². The Kier molecular flexibility index (Phi) is 5.14. The summed E-state index contributed by atoms with van der Waals surface area (Å²) in [7, 11) is 1.39. The number of ether oxygens (including phenoxy) is 1. The van der Waals surface area contributed by atoms with Crippen LogP contribution in [0, 0.1) is 13.8 Å². The first-order valence-electron chi connectivity index (χ1n) is 9.10. The lowest BCUT2D eigenvalue weighted by Crippen LogP contribution is -2.09. The Bertz CT molecular complexity index is 1190. The highest BCUT2D eigenvalue weighted by molar-refractivity contribution is 7.22. The normalized spacial score (nSPS) is 11.3. The Morgan fingerprint density at radius 2 is 1.93 bits per heavy atom. The van der Waals surface area contributed by atoms with Crippen molar-refractivity contribution < 1.29 is 9.53 Å². The van der Waals surface area contributed by atoms with Crippen LogP contribution in [0.1, 0.15) is 27.3 Å². The number of aryl methyl sites for hydroxylation is 1. The van der Waals surface area contributed by atoms with E-state index in [2.05, 4.69) is 15.5 Å². The van der Waals surface area contributed by atoms with Crippen LogP contribution in [0.4, 0.5) is 5.13 Å². The van der Waals surface area contributed by atoms with Crippen LogP contribution in [-0.4, -0.2) is 28.8 Å². The molecule has 29 heavy (non-hydrogen) atoms. The molecule has 0 spiro atoms. The minimum atomic E-state index is -0.360. The van der Waals surface area contributed by atoms with Crippen LogP contribution < -0.4 is 5.43 Å². The summed E-state index contributed by atoms with van der Waals surface area (Å²) >= 11 is 1.56. The Balaban J connectivity index is 1.62. The summed E-state index contributed by atoms with van der Waals surface area (Å²) in [4.78, 5) is 16.7. The molecule has 146 valence electrons. The fourth-order valence-electron chi connectivity index (χ4n) is 3.32. The summed E-state index contributed by atoms with van der Waals surface area (Å²) in [6, 6.07) is 17.4. The lowest BCUT2D eigenvalue weighted by molar-refractivity contribution is 0.0601. The van der Waals surface area contributed by atoms with Crippen molar-refractivity contribution in [1.29, 1.82) is 0 Å². The van der Waals surface area contributed by atoms with Gasteiger partial charge >= 0.3 is 5.97 Å². The van der Waals surface area contributed by atoms with E-state index >= 15 is 0 Å². The van der Waals surface area contributed by atoms with Gasteiger partial charge in [0.25, 0.3) is 0 Å². The van der Waals surface area contributed by atoms with Gasteiger partial charge in [-0.2, -0.15) is 5.10 Å². The van der Waals surface area contributed by atoms with E-state index in [1.165, 1.54) is 7.11 Å². The second kappa shape index (κ2) is 7.89. The quantitative estimate of drug-likeness (QED) is 0.291. The number of carbonyl (C=O) groups is 1. The Hall–Kier alpha value is -3.45. The Morgan fingerprint density at radius 3 is 2.72 bits per heavy atom. The highest BCUT2D eigenvalue weighted by Gasteiger charge is 2.16. The molecular weight excluding hydrogens is 384 g/mol. The molecular formula is C22H20N4O2S. The first-order valence-corrected chi connectivity index (χ1v) is 9.91. The number of benzene rings is 2. The highest BCUT2D eigenvalue weighted by atomic mass is 32.1. The molecule has 2 aromatic heterocycles. The average Bonchev–Trinajstić information content (AvgIpc) is 3.27. The number of nitrogens with one attached hydrogen (secondary N) is 1. The number of esters is 1. The van der Waals surface area contributed by atoms with Crippen LogP contribution in [0.3, 0.4) is 0 Å². The molecule has 0 aliphatic carbocycles. The van der Waals surface area contributed by atoms with Crippen LogP contribution in [0.2, 0.25) is 0 Å². The van der Waals surface area contributed by atoms with Gasteiger partial charge in [0.1, 0.15) is 0 Å². The largest absolute Gasteiger partial charge is 0.465 e. The van der Waals surface area contributed by atoms with E-state index in [1.807, 2.05) is 66.9 Å². The second-order valence-electron chi connectivity index (χ2n) is 6.53. The van der Waals surface area contributed by atoms with Gasteiger partial charge in [0, 0.05) is 17.0 Å². The number of para-hydroxylation sites is 2. The van der Waals surface area contributed by atoms with Gasteiger partial charge < -0.3 is 9.30 Å². The summed E-state index contributed by atoms with van der Waals surface area (Å²) in [6.45, 7) is 4.00. The minimum Gasteiger partial charge on any atom is -0.465 e. The molecule has 0 aliphatic rings. The number of nitrogens with zero attached hydrogens (tertiary/aromatic N) is 3. The van der Waals surface area contributed by atoms with Gasteiger partial charge in [0.15, 0.2) is 0 Å². The number of hydrazone groups is 1. The smallest absolute Gasteiger partial charge is 0.339 e. The van der Waals surface area contributed by atoms with Crippen LogP contribution in [0.5, 0.6) is 0 Å². The maximum atomic E-state index is 12.2. The van der Waals surface area contributed by atoms with Gasteiger partial charge in [-0.15, -0.1) is 0 Å². The maximum absolute atomic E-state index is 12.2. The predicted octanol–water partition coefficient (Wildman–Crippen LogP) is 4.94. The third-order valence-electron chi connectivity index (χ3n) is 4.68. The fraction of sp³-hybridized carbons (Fsp3) is 0.136. The number of thiazole rings is 1. The molecule has 2 heterocycles. The molecule has 4 aromatic rings. The molecule has 0 saturated heterocycles. The molecule has 7 heteroatoms. The average molecular weight is 404 g/mol. The molecule has 0 radical (unpaired) electrons. The van der Waals surface area contributed by atoms with Crippen molar-refractivity contribution in [2.24, 2.45) is 5.10 Å². The third-order valence-corrected chi connectivity index (χ3v) is 5.62. The molecule has 0 saturated carbocycles. The van der Waals surface area contributed by atoms with E-state index in [-0.39, 0.29) is 5.97 Å². The summed E-state index contributed by atoms with van der Waals surface area (Å²) in [6.07, 6.45) is 1.77. The summed E-state index contributed by atoms with van der Waals surface area (Å²) < 4.78 is 8.08. The highest BCUT2D eigenvalue weighted by Crippen LogP contribution is 2.26. The maximum Gasteiger partial charge on any atom is 0.339 e. The van der Waals surface area contributed by atoms with Gasteiger partial charge in [0.05, 0.1) is 34.8 Å². The molecule has 0 bridgehead atoms. The number of aromatic nitrogens is 2. The lowest BCUT2D eigenvalue weighted by Gasteiger charge is -2.13. The van der Waals surface area contributed by atoms with E-state index < -0.39 is 0 Å². The zero-order chi connectivity index (χ0) is 20.4. The lowest BCUT2D eigenvalue weighted by atomic mass is 10.1. The molecule has 0 aliphatic heterocycles. The topological polar surface area (TPSA) is 68.5 Å². The number of rotatable bonds is 5. The standard InChI is InChI=1S/C22H20N4O2S/c1-14-12-16(13-23-25-22-24-18-9-5-7-11-20(18)29-22)15(2)26(14)19-10-6-4-8-17(19)21(27)28-3/h4-13H,1-3H3,(H,24,25)/b23-13-. The van der Waals surface area contributed by atoms with Crippen molar-refractivity contribution in [3.05, 3.63) is 77.1 Å². The van der Waals surface area contributed by atoms with Crippen LogP contribution in [0.25, 0.3) is 15.9 Å². The molecule has 2 aromatic carbocycles. The number of hydrogen-bond donors (Lipinski definition) is 1. The van der Waals surface area contributed by atoms with Crippen molar-refractivity contribution in [2.75, 3.05) is 12.5 Å². The molecule has 0 unspecified atom stereocenters. The van der Waals surface area contributed by atoms with Crippen molar-refractivity contribution in [3.8, 4) is 5.69 Å². The minimum absolute atomic E-state index is 0.360. The second-order valence-corrected chi connectivity index (χ2v) is 7.56. The zero-order valence-electron chi connectivity index (χ0n) is 16.3. The van der Waals surface area contributed by atoms with E-state index in [9.17, 15) is 4.79 Å². The first kappa shape index (κ1) is 18.9. The van der Waals surface area contributed by atoms with Gasteiger partial charge in [-0.05, 0) is 44.2 Å². The number of fused-ring (bicyclic) bond motifs is 1. The number of methoxy groups -OCH3 is 1. The van der Waals surface area contributed by atoms with Crippen LogP contribution in [-0.2, 0) is 4.74 Å². The van der Waals surface area contributed by atoms with E-state index in [4.69, 9.17) is 4.74 Å². The molecule has 0 amide bonds. The molecule has 0 atom stereocenters. The summed E-state index contributed by atoms with van der Waals surface area (Å²) in [5.41, 5.74) is 8.20. The number of carbonyl (C=O) groups excluding carboxylic acids is 1. The molecule has 1 N–H and O–H groups in total. The van der Waals surface area contributed by atoms with Crippen molar-refractivity contribution >= 4 is 38.9 Å². The zero-order valence-corrected chi connectivity index (χ0v) is 17.2. The predicted molar refractivity (Wildman–Crippen MR) is 117 cm³/mol. The Labute approximate surface area is 172 Å². The van der Waals surface area contributed by atoms with E-state index in [0.29, 0.717) is 5.56 Å². The van der Waals surface area contributed by atoms with Crippen molar-refractivity contribution in [1.82, 2.24) is 9.55 Å². The van der Waals surface area contributed by atoms with E-state index in [0.717, 1.165) is 38.0 Å².